The minimum atomic E-state index is -4.76. The summed E-state index contributed by atoms with van der Waals surface area (Å²) >= 11 is 0. The van der Waals surface area contributed by atoms with Gasteiger partial charge in [-0.2, -0.15) is 13.2 Å². The zero-order valence-electron chi connectivity index (χ0n) is 19.3. The monoisotopic (exact) mass is 467 g/mol. The molecule has 1 atom stereocenters. The molecule has 2 aromatic carbocycles. The van der Waals surface area contributed by atoms with Gasteiger partial charge in [-0.15, -0.1) is 0 Å². The van der Waals surface area contributed by atoms with Crippen LogP contribution >= 0.6 is 0 Å². The molecule has 33 heavy (non-hydrogen) atoms. The molecule has 1 aliphatic rings. The third-order valence-corrected chi connectivity index (χ3v) is 6.07. The van der Waals surface area contributed by atoms with Crippen molar-refractivity contribution in [1.29, 1.82) is 0 Å². The first kappa shape index (κ1) is 25.2. The Balaban J connectivity index is 1.80. The Morgan fingerprint density at radius 2 is 1.67 bits per heavy atom. The van der Waals surface area contributed by atoms with E-state index in [9.17, 15) is 22.4 Å². The lowest BCUT2D eigenvalue weighted by molar-refractivity contribution is -0.138. The summed E-state index contributed by atoms with van der Waals surface area (Å²) in [5.41, 5.74) is -0.499. The molecular weight excluding hydrogens is 441 g/mol. The minimum Gasteiger partial charge on any atom is -0.399 e. The lowest BCUT2D eigenvalue weighted by Crippen LogP contribution is -2.41. The van der Waals surface area contributed by atoms with Crippen LogP contribution in [0.3, 0.4) is 0 Å². The predicted molar refractivity (Wildman–Crippen MR) is 117 cm³/mol. The number of hydrogen-bond donors (Lipinski definition) is 1. The van der Waals surface area contributed by atoms with Crippen molar-refractivity contribution >= 4 is 24.2 Å². The van der Waals surface area contributed by atoms with Crippen molar-refractivity contribution < 1.29 is 36.4 Å². The molecule has 0 aliphatic carbocycles. The highest BCUT2D eigenvalue weighted by Crippen LogP contribution is 2.37. The second kappa shape index (κ2) is 8.74. The zero-order valence-corrected chi connectivity index (χ0v) is 19.3. The first-order valence-corrected chi connectivity index (χ1v) is 10.3. The standard InChI is InChI=1S/C23H26BF4NO4/c1-13-9-17(7-8-18(13)24-32-21(2,3)22(4,5)33-24)29-20(30)19(31-6)14-10-15(23(26,27)28)12-16(25)11-14/h7-12,19H,1-6H3,(H,29,30). The number of nitrogens with one attached hydrogen (secondary N) is 1. The van der Waals surface area contributed by atoms with E-state index < -0.39 is 47.9 Å². The smallest absolute Gasteiger partial charge is 0.399 e. The highest BCUT2D eigenvalue weighted by atomic mass is 19.4. The summed E-state index contributed by atoms with van der Waals surface area (Å²) in [6, 6.07) is 6.98. The normalized spacial score (nSPS) is 18.3. The molecule has 0 aromatic heterocycles. The molecule has 1 saturated heterocycles. The van der Waals surface area contributed by atoms with E-state index >= 15 is 0 Å². The van der Waals surface area contributed by atoms with E-state index in [4.69, 9.17) is 14.0 Å². The zero-order chi connectivity index (χ0) is 24.8. The fourth-order valence-electron chi connectivity index (χ4n) is 3.52. The molecule has 0 bridgehead atoms. The van der Waals surface area contributed by atoms with Crippen molar-refractivity contribution in [2.24, 2.45) is 0 Å². The van der Waals surface area contributed by atoms with Gasteiger partial charge in [-0.1, -0.05) is 6.07 Å². The SMILES string of the molecule is COC(C(=O)Nc1ccc(B2OC(C)(C)C(C)(C)O2)c(C)c1)c1cc(F)cc(C(F)(F)F)c1. The van der Waals surface area contributed by atoms with Crippen molar-refractivity contribution in [1.82, 2.24) is 0 Å². The summed E-state index contributed by atoms with van der Waals surface area (Å²) in [4.78, 5) is 12.7. The predicted octanol–water partition coefficient (Wildman–Crippen LogP) is 4.78. The van der Waals surface area contributed by atoms with Crippen LogP contribution in [0.1, 0.15) is 50.5 Å². The summed E-state index contributed by atoms with van der Waals surface area (Å²) in [6.07, 6.45) is -6.20. The summed E-state index contributed by atoms with van der Waals surface area (Å²) in [6.45, 7) is 9.60. The summed E-state index contributed by atoms with van der Waals surface area (Å²) in [7, 11) is 0.578. The van der Waals surface area contributed by atoms with Gasteiger partial charge in [0.1, 0.15) is 5.82 Å². The number of halogens is 4. The lowest BCUT2D eigenvalue weighted by Gasteiger charge is -2.32. The van der Waals surface area contributed by atoms with Gasteiger partial charge in [-0.05, 0) is 81.5 Å². The van der Waals surface area contributed by atoms with Gasteiger partial charge in [0.2, 0.25) is 0 Å². The van der Waals surface area contributed by atoms with Gasteiger partial charge in [0.05, 0.1) is 16.8 Å². The van der Waals surface area contributed by atoms with E-state index in [0.717, 1.165) is 24.2 Å². The Morgan fingerprint density at radius 3 is 2.18 bits per heavy atom. The molecule has 2 aromatic rings. The van der Waals surface area contributed by atoms with Crippen LogP contribution in [0.15, 0.2) is 36.4 Å². The number of anilines is 1. The summed E-state index contributed by atoms with van der Waals surface area (Å²) < 4.78 is 70.1. The number of aryl methyl sites for hydroxylation is 1. The van der Waals surface area contributed by atoms with Gasteiger partial charge in [0.15, 0.2) is 6.10 Å². The molecule has 1 amide bonds. The Morgan fingerprint density at radius 1 is 1.06 bits per heavy atom. The first-order chi connectivity index (χ1) is 15.1. The highest BCUT2D eigenvalue weighted by Gasteiger charge is 2.52. The number of alkyl halides is 3. The number of carbonyl (C=O) groups excluding carboxylic acids is 1. The van der Waals surface area contributed by atoms with Crippen LogP contribution in [0.2, 0.25) is 0 Å². The fourth-order valence-corrected chi connectivity index (χ4v) is 3.52. The van der Waals surface area contributed by atoms with Crippen LogP contribution in [0, 0.1) is 12.7 Å². The van der Waals surface area contributed by atoms with Crippen LogP contribution < -0.4 is 10.8 Å². The van der Waals surface area contributed by atoms with Crippen molar-refractivity contribution in [2.45, 2.75) is 58.1 Å². The van der Waals surface area contributed by atoms with E-state index in [-0.39, 0.29) is 5.56 Å². The van der Waals surface area contributed by atoms with Crippen molar-refractivity contribution in [3.8, 4) is 0 Å². The lowest BCUT2D eigenvalue weighted by atomic mass is 9.76. The van der Waals surface area contributed by atoms with E-state index in [0.29, 0.717) is 17.8 Å². The maximum absolute atomic E-state index is 13.8. The molecule has 1 N–H and O–H groups in total. The molecule has 0 radical (unpaired) electrons. The number of amides is 1. The van der Waals surface area contributed by atoms with Crippen LogP contribution in [0.25, 0.3) is 0 Å². The van der Waals surface area contributed by atoms with Crippen LogP contribution in [0.5, 0.6) is 0 Å². The third-order valence-electron chi connectivity index (χ3n) is 6.07. The fraction of sp³-hybridized carbons (Fsp3) is 0.435. The topological polar surface area (TPSA) is 56.8 Å². The van der Waals surface area contributed by atoms with Gasteiger partial charge in [-0.3, -0.25) is 4.79 Å². The Kier molecular flexibility index (Phi) is 6.67. The average molecular weight is 467 g/mol. The van der Waals surface area contributed by atoms with Gasteiger partial charge in [0, 0.05) is 12.8 Å². The maximum Gasteiger partial charge on any atom is 0.495 e. The van der Waals surface area contributed by atoms with Crippen LogP contribution in [0.4, 0.5) is 23.2 Å². The molecule has 3 rings (SSSR count). The largest absolute Gasteiger partial charge is 0.495 e. The molecular formula is C23H26BF4NO4. The molecule has 0 saturated carbocycles. The summed E-state index contributed by atoms with van der Waals surface area (Å²) in [5.74, 6) is -1.85. The van der Waals surface area contributed by atoms with Crippen LogP contribution in [-0.2, 0) is 25.0 Å². The van der Waals surface area contributed by atoms with Crippen molar-refractivity contribution in [3.63, 3.8) is 0 Å². The third kappa shape index (κ3) is 5.23. The Bertz CT molecular complexity index is 1040. The molecule has 10 heteroatoms. The number of carbonyl (C=O) groups is 1. The maximum atomic E-state index is 13.8. The summed E-state index contributed by atoms with van der Waals surface area (Å²) in [5, 5.41) is 2.61. The molecule has 0 spiro atoms. The van der Waals surface area contributed by atoms with E-state index in [1.54, 1.807) is 18.2 Å². The van der Waals surface area contributed by atoms with E-state index in [1.165, 1.54) is 0 Å². The molecule has 5 nitrogen and oxygen atoms in total. The molecule has 1 heterocycles. The van der Waals surface area contributed by atoms with Gasteiger partial charge < -0.3 is 19.4 Å². The number of rotatable bonds is 5. The highest BCUT2D eigenvalue weighted by molar-refractivity contribution is 6.62. The molecule has 178 valence electrons. The van der Waals surface area contributed by atoms with E-state index in [1.807, 2.05) is 34.6 Å². The van der Waals surface area contributed by atoms with Crippen LogP contribution in [-0.4, -0.2) is 31.3 Å². The molecule has 1 fully saturated rings. The Labute approximate surface area is 190 Å². The average Bonchev–Trinajstić information content (AvgIpc) is 2.88. The molecule has 1 aliphatic heterocycles. The van der Waals surface area contributed by atoms with Gasteiger partial charge in [0.25, 0.3) is 5.91 Å². The molecule has 1 unspecified atom stereocenters. The van der Waals surface area contributed by atoms with Gasteiger partial charge in [-0.25, -0.2) is 4.39 Å². The second-order valence-corrected chi connectivity index (χ2v) is 9.04. The quantitative estimate of drug-likeness (QED) is 0.508. The number of methoxy groups -OCH3 is 1. The first-order valence-electron chi connectivity index (χ1n) is 10.3. The second-order valence-electron chi connectivity index (χ2n) is 9.04. The Hall–Kier alpha value is -2.43. The van der Waals surface area contributed by atoms with E-state index in [2.05, 4.69) is 5.32 Å². The number of ether oxygens (including phenoxy) is 1. The van der Waals surface area contributed by atoms with Crippen molar-refractivity contribution in [2.75, 3.05) is 12.4 Å². The number of hydrogen-bond acceptors (Lipinski definition) is 4. The number of benzene rings is 2. The van der Waals surface area contributed by atoms with Crippen molar-refractivity contribution in [3.05, 3.63) is 58.9 Å². The van der Waals surface area contributed by atoms with Gasteiger partial charge >= 0.3 is 13.3 Å². The minimum absolute atomic E-state index is 0.243.